The molecule has 122 valence electrons. The van der Waals surface area contributed by atoms with E-state index in [1.54, 1.807) is 40.5 Å². The molecule has 0 aliphatic carbocycles. The maximum absolute atomic E-state index is 10.2. The molecule has 1 atom stereocenters. The molecule has 4 aromatic rings. The Morgan fingerprint density at radius 1 is 1.21 bits per heavy atom. The first-order chi connectivity index (χ1) is 11.5. The molecule has 2 N–H and O–H groups in total. The molecule has 4 heterocycles. The molecule has 8 nitrogen and oxygen atoms in total. The number of imidazole rings is 2. The maximum atomic E-state index is 10.2. The number of aryl methyl sites for hydroxylation is 1. The Kier molecular flexibility index (Phi) is 3.12. The van der Waals surface area contributed by atoms with Gasteiger partial charge in [-0.1, -0.05) is 6.92 Å². The Morgan fingerprint density at radius 3 is 2.88 bits per heavy atom. The standard InChI is InChI=1S/C16H16N6O2/c1-9(14-12(23)6-13-17-3-4-22(13)20-14)5-11-8-21-7-10(2)15(24)19-16(21)18-11/h3-4,6-9,23H,5H2,1-2H3,(H,18,19,24). The minimum absolute atomic E-state index is 0.0161. The second-order valence-electron chi connectivity index (χ2n) is 5.94. The minimum atomic E-state index is -0.0450. The Balaban J connectivity index is 1.67. The predicted octanol–water partition coefficient (Wildman–Crippen LogP) is 1.84. The van der Waals surface area contributed by atoms with Crippen molar-refractivity contribution < 1.29 is 10.2 Å². The van der Waals surface area contributed by atoms with Gasteiger partial charge in [0.2, 0.25) is 11.7 Å². The number of hydrogen-bond donors (Lipinski definition) is 2. The number of aromatic hydroxyl groups is 2. The molecule has 0 aliphatic rings. The van der Waals surface area contributed by atoms with Crippen LogP contribution in [0.3, 0.4) is 0 Å². The van der Waals surface area contributed by atoms with Gasteiger partial charge in [0.1, 0.15) is 11.4 Å². The van der Waals surface area contributed by atoms with E-state index in [2.05, 4.69) is 20.1 Å². The third-order valence-electron chi connectivity index (χ3n) is 4.03. The smallest absolute Gasteiger partial charge is 0.237 e. The lowest BCUT2D eigenvalue weighted by atomic mass is 10.0. The zero-order valence-electron chi connectivity index (χ0n) is 13.2. The molecule has 0 radical (unpaired) electrons. The molecular formula is C16H16N6O2. The fourth-order valence-electron chi connectivity index (χ4n) is 2.78. The van der Waals surface area contributed by atoms with Gasteiger partial charge in [0.25, 0.3) is 0 Å². The van der Waals surface area contributed by atoms with E-state index in [1.807, 2.05) is 13.1 Å². The van der Waals surface area contributed by atoms with Crippen LogP contribution in [0.1, 0.15) is 29.8 Å². The minimum Gasteiger partial charge on any atom is -0.506 e. The highest BCUT2D eigenvalue weighted by Crippen LogP contribution is 2.27. The lowest BCUT2D eigenvalue weighted by molar-refractivity contribution is 0.449. The summed E-state index contributed by atoms with van der Waals surface area (Å²) in [5.74, 6) is 0.507. The van der Waals surface area contributed by atoms with Crippen LogP contribution in [0.2, 0.25) is 0 Å². The third kappa shape index (κ3) is 2.32. The average molecular weight is 324 g/mol. The van der Waals surface area contributed by atoms with Crippen LogP contribution >= 0.6 is 0 Å². The van der Waals surface area contributed by atoms with Crippen molar-refractivity contribution in [2.75, 3.05) is 0 Å². The van der Waals surface area contributed by atoms with Gasteiger partial charge in [-0.05, 0) is 13.3 Å². The summed E-state index contributed by atoms with van der Waals surface area (Å²) in [6.45, 7) is 3.76. The van der Waals surface area contributed by atoms with Crippen molar-refractivity contribution in [2.24, 2.45) is 0 Å². The maximum Gasteiger partial charge on any atom is 0.237 e. The van der Waals surface area contributed by atoms with Crippen LogP contribution in [-0.2, 0) is 6.42 Å². The van der Waals surface area contributed by atoms with Crippen molar-refractivity contribution in [3.05, 3.63) is 47.8 Å². The van der Waals surface area contributed by atoms with E-state index in [9.17, 15) is 10.2 Å². The van der Waals surface area contributed by atoms with E-state index < -0.39 is 0 Å². The van der Waals surface area contributed by atoms with Crippen LogP contribution in [-0.4, -0.2) is 39.2 Å². The van der Waals surface area contributed by atoms with Crippen LogP contribution in [0.4, 0.5) is 0 Å². The predicted molar refractivity (Wildman–Crippen MR) is 86.2 cm³/mol. The topological polar surface area (TPSA) is 101 Å². The van der Waals surface area contributed by atoms with Crippen molar-refractivity contribution in [1.82, 2.24) is 29.0 Å². The van der Waals surface area contributed by atoms with Crippen LogP contribution in [0.15, 0.2) is 30.9 Å². The van der Waals surface area contributed by atoms with Crippen molar-refractivity contribution in [2.45, 2.75) is 26.2 Å². The zero-order chi connectivity index (χ0) is 16.8. The fourth-order valence-corrected chi connectivity index (χ4v) is 2.78. The van der Waals surface area contributed by atoms with E-state index in [0.717, 1.165) is 5.69 Å². The van der Waals surface area contributed by atoms with E-state index in [0.29, 0.717) is 29.1 Å². The lowest BCUT2D eigenvalue weighted by Crippen LogP contribution is -2.05. The molecule has 0 bridgehead atoms. The first-order valence-corrected chi connectivity index (χ1v) is 7.58. The number of nitrogens with zero attached hydrogens (tertiary/aromatic N) is 6. The third-order valence-corrected chi connectivity index (χ3v) is 4.03. The first-order valence-electron chi connectivity index (χ1n) is 7.58. The highest BCUT2D eigenvalue weighted by atomic mass is 16.3. The molecule has 0 saturated carbocycles. The van der Waals surface area contributed by atoms with Crippen molar-refractivity contribution >= 4 is 11.4 Å². The Morgan fingerprint density at radius 2 is 2.04 bits per heavy atom. The number of rotatable bonds is 3. The van der Waals surface area contributed by atoms with Gasteiger partial charge in [-0.2, -0.15) is 10.1 Å². The van der Waals surface area contributed by atoms with Crippen molar-refractivity contribution in [1.29, 1.82) is 0 Å². The second kappa shape index (κ2) is 5.19. The number of aromatic nitrogens is 6. The fraction of sp³-hybridized carbons (Fsp3) is 0.250. The molecule has 24 heavy (non-hydrogen) atoms. The molecule has 0 amide bonds. The summed E-state index contributed by atoms with van der Waals surface area (Å²) in [5, 5.41) is 24.3. The summed E-state index contributed by atoms with van der Waals surface area (Å²) in [5.41, 5.74) is 2.69. The molecular weight excluding hydrogens is 308 g/mol. The van der Waals surface area contributed by atoms with Gasteiger partial charge in [-0.3, -0.25) is 4.40 Å². The summed E-state index contributed by atoms with van der Waals surface area (Å²) in [6, 6.07) is 1.60. The van der Waals surface area contributed by atoms with E-state index in [4.69, 9.17) is 0 Å². The van der Waals surface area contributed by atoms with Crippen LogP contribution < -0.4 is 0 Å². The Labute approximate surface area is 137 Å². The Bertz CT molecular complexity index is 1010. The van der Waals surface area contributed by atoms with Crippen molar-refractivity contribution in [3.63, 3.8) is 0 Å². The number of fused-ring (bicyclic) bond motifs is 2. The van der Waals surface area contributed by atoms with Crippen LogP contribution in [0.25, 0.3) is 11.4 Å². The van der Waals surface area contributed by atoms with Crippen molar-refractivity contribution in [3.8, 4) is 11.6 Å². The normalized spacial score (nSPS) is 12.9. The van der Waals surface area contributed by atoms with E-state index in [1.165, 1.54) is 0 Å². The van der Waals surface area contributed by atoms with Gasteiger partial charge < -0.3 is 10.2 Å². The summed E-state index contributed by atoms with van der Waals surface area (Å²) in [6.07, 6.45) is 7.62. The van der Waals surface area contributed by atoms with Gasteiger partial charge in [-0.25, -0.2) is 14.5 Å². The monoisotopic (exact) mass is 324 g/mol. The first kappa shape index (κ1) is 14.4. The molecule has 0 aliphatic heterocycles. The molecule has 0 aromatic carbocycles. The molecule has 0 fully saturated rings. The van der Waals surface area contributed by atoms with E-state index in [-0.39, 0.29) is 17.5 Å². The van der Waals surface area contributed by atoms with Gasteiger partial charge in [-0.15, -0.1) is 0 Å². The summed E-state index contributed by atoms with van der Waals surface area (Å²) < 4.78 is 3.42. The van der Waals surface area contributed by atoms with Crippen LogP contribution in [0.5, 0.6) is 11.6 Å². The van der Waals surface area contributed by atoms with Gasteiger partial charge >= 0.3 is 0 Å². The highest BCUT2D eigenvalue weighted by molar-refractivity contribution is 5.45. The van der Waals surface area contributed by atoms with Crippen LogP contribution in [0, 0.1) is 6.92 Å². The van der Waals surface area contributed by atoms with Gasteiger partial charge in [0, 0.05) is 42.3 Å². The van der Waals surface area contributed by atoms with E-state index >= 15 is 0 Å². The quantitative estimate of drug-likeness (QED) is 0.596. The lowest BCUT2D eigenvalue weighted by Gasteiger charge is -2.11. The molecule has 1 unspecified atom stereocenters. The largest absolute Gasteiger partial charge is 0.506 e. The van der Waals surface area contributed by atoms with Gasteiger partial charge in [0.15, 0.2) is 5.65 Å². The molecule has 0 saturated heterocycles. The zero-order valence-corrected chi connectivity index (χ0v) is 13.2. The number of hydrogen-bond acceptors (Lipinski definition) is 6. The Hall–Kier alpha value is -3.16. The molecule has 8 heteroatoms. The molecule has 4 rings (SSSR count). The summed E-state index contributed by atoms with van der Waals surface area (Å²) in [4.78, 5) is 12.6. The van der Waals surface area contributed by atoms with Gasteiger partial charge in [0.05, 0.1) is 5.69 Å². The highest BCUT2D eigenvalue weighted by Gasteiger charge is 2.17. The molecule has 0 spiro atoms. The summed E-state index contributed by atoms with van der Waals surface area (Å²) in [7, 11) is 0. The second-order valence-corrected chi connectivity index (χ2v) is 5.94. The average Bonchev–Trinajstić information content (AvgIpc) is 3.12. The SMILES string of the molecule is Cc1cn2cc(CC(C)c3nn4ccnc4cc3O)nc2nc1O. The molecule has 4 aromatic heterocycles. The summed E-state index contributed by atoms with van der Waals surface area (Å²) >= 11 is 0.